The van der Waals surface area contributed by atoms with Gasteiger partial charge >= 0.3 is 12.1 Å². The fourth-order valence-electron chi connectivity index (χ4n) is 5.87. The molecule has 5 rings (SSSR count). The molecule has 5 heterocycles. The highest BCUT2D eigenvalue weighted by molar-refractivity contribution is 8.04. The molecule has 5 aliphatic rings. The van der Waals surface area contributed by atoms with E-state index < -0.39 is 77.1 Å². The Hall–Kier alpha value is -1.94. The molecule has 4 fully saturated rings. The topological polar surface area (TPSA) is 172 Å². The van der Waals surface area contributed by atoms with E-state index in [9.17, 15) is 34.8 Å². The maximum atomic E-state index is 13.5. The Balaban J connectivity index is 1.51. The van der Waals surface area contributed by atoms with Crippen LogP contribution >= 0.6 is 11.8 Å². The lowest BCUT2D eigenvalue weighted by molar-refractivity contribution is -0.137. The number of hydrogen-bond donors (Lipinski definition) is 5. The van der Waals surface area contributed by atoms with Crippen LogP contribution in [-0.2, 0) is 14.3 Å². The summed E-state index contributed by atoms with van der Waals surface area (Å²) in [5.41, 5.74) is 0.669. The third-order valence-electron chi connectivity index (χ3n) is 7.74. The van der Waals surface area contributed by atoms with Gasteiger partial charge in [0, 0.05) is 26.1 Å². The summed E-state index contributed by atoms with van der Waals surface area (Å²) < 4.78 is 10.3. The molecule has 14 heteroatoms. The number of fused-ring (bicyclic) bond motifs is 2. The molecule has 194 valence electrons. The number of amides is 5. The van der Waals surface area contributed by atoms with Crippen molar-refractivity contribution in [3.8, 4) is 0 Å². The molecule has 0 radical (unpaired) electrons. The summed E-state index contributed by atoms with van der Waals surface area (Å²) in [7, 11) is 1.57. The quantitative estimate of drug-likeness (QED) is 0.292. The van der Waals surface area contributed by atoms with Gasteiger partial charge in [-0.3, -0.25) is 19.9 Å². The first-order valence-electron chi connectivity index (χ1n) is 11.5. The lowest BCUT2D eigenvalue weighted by atomic mass is 9.81. The van der Waals surface area contributed by atoms with Gasteiger partial charge < -0.3 is 34.8 Å². The van der Waals surface area contributed by atoms with E-state index in [0.29, 0.717) is 5.57 Å². The molecule has 5 N–H and O–H groups in total. The van der Waals surface area contributed by atoms with Gasteiger partial charge in [0.05, 0.1) is 31.5 Å². The maximum Gasteiger partial charge on any atom is 0.327 e. The molecule has 0 aliphatic carbocycles. The molecular formula is C21H30N4O9S. The molecule has 1 unspecified atom stereocenters. The summed E-state index contributed by atoms with van der Waals surface area (Å²) >= 11 is 1.24. The Morgan fingerprint density at radius 1 is 1.09 bits per heavy atom. The molecule has 0 bridgehead atoms. The molecule has 1 spiro atoms. The average molecular weight is 515 g/mol. The van der Waals surface area contributed by atoms with Crippen LogP contribution in [-0.4, -0.2) is 126 Å². The smallest absolute Gasteiger partial charge is 0.327 e. The van der Waals surface area contributed by atoms with Crippen molar-refractivity contribution in [2.24, 2.45) is 0 Å². The number of urea groups is 2. The van der Waals surface area contributed by atoms with E-state index in [2.05, 4.69) is 5.32 Å². The van der Waals surface area contributed by atoms with Crippen molar-refractivity contribution in [1.82, 2.24) is 20.0 Å². The molecule has 5 aliphatic heterocycles. The van der Waals surface area contributed by atoms with Crippen molar-refractivity contribution in [3.63, 3.8) is 0 Å². The van der Waals surface area contributed by atoms with Crippen LogP contribution in [0.4, 0.5) is 9.59 Å². The zero-order valence-corrected chi connectivity index (χ0v) is 20.3. The summed E-state index contributed by atoms with van der Waals surface area (Å²) in [6.07, 6.45) is -3.52. The Kier molecular flexibility index (Phi) is 5.86. The predicted octanol–water partition coefficient (Wildman–Crippen LogP) is -1.68. The molecule has 4 saturated heterocycles. The third kappa shape index (κ3) is 3.27. The number of nitrogens with zero attached hydrogens (tertiary/aromatic N) is 3. The van der Waals surface area contributed by atoms with Gasteiger partial charge in [0.2, 0.25) is 5.91 Å². The van der Waals surface area contributed by atoms with E-state index in [0.717, 1.165) is 0 Å². The molecule has 9 atom stereocenters. The molecule has 0 saturated carbocycles. The molecule has 0 aromatic carbocycles. The average Bonchev–Trinajstić information content (AvgIpc) is 3.37. The zero-order valence-electron chi connectivity index (χ0n) is 19.5. The van der Waals surface area contributed by atoms with Gasteiger partial charge in [-0.1, -0.05) is 0 Å². The zero-order chi connectivity index (χ0) is 25.4. The van der Waals surface area contributed by atoms with E-state index in [-0.39, 0.29) is 19.4 Å². The van der Waals surface area contributed by atoms with Crippen LogP contribution in [0.3, 0.4) is 0 Å². The molecule has 5 amide bonds. The standard InChI is InChI=1S/C21H30N4O9S/c1-9-6-24(14-4-10(28)12(7-26)33-14)19(32)23(3)21(9)16-20(2,35-21)17(30)22-18(31)25(16)15-5-11(29)13(8-27)34-15/h6,10-16,26-29H,4-5,7-8H2,1-3H3,(H,22,30,31)/t10-,11-,12+,13+,14+,15+,16+,20+,21?/m0/s1. The molecular weight excluding hydrogens is 484 g/mol. The number of aliphatic hydroxyl groups is 4. The van der Waals surface area contributed by atoms with Gasteiger partial charge in [0.15, 0.2) is 0 Å². The highest BCUT2D eigenvalue weighted by Crippen LogP contribution is 2.64. The predicted molar refractivity (Wildman–Crippen MR) is 119 cm³/mol. The first-order chi connectivity index (χ1) is 16.5. The van der Waals surface area contributed by atoms with Crippen LogP contribution in [0.15, 0.2) is 11.8 Å². The summed E-state index contributed by atoms with van der Waals surface area (Å²) in [5.74, 6) is -0.485. The Bertz CT molecular complexity index is 982. The van der Waals surface area contributed by atoms with Crippen LogP contribution in [0, 0.1) is 0 Å². The number of carbonyl (C=O) groups is 3. The molecule has 0 aromatic heterocycles. The number of carbonyl (C=O) groups excluding carboxylic acids is 3. The van der Waals surface area contributed by atoms with Crippen LogP contribution in [0.1, 0.15) is 26.7 Å². The van der Waals surface area contributed by atoms with Gasteiger partial charge in [-0.05, 0) is 19.4 Å². The second-order valence-electron chi connectivity index (χ2n) is 9.77. The van der Waals surface area contributed by atoms with Crippen molar-refractivity contribution < 1.29 is 44.3 Å². The van der Waals surface area contributed by atoms with E-state index in [1.54, 1.807) is 27.1 Å². The molecule has 0 aromatic rings. The van der Waals surface area contributed by atoms with Crippen molar-refractivity contribution in [2.45, 2.75) is 79.2 Å². The molecule has 35 heavy (non-hydrogen) atoms. The fraction of sp³-hybridized carbons (Fsp3) is 0.762. The lowest BCUT2D eigenvalue weighted by Gasteiger charge is -2.68. The van der Waals surface area contributed by atoms with E-state index in [1.165, 1.54) is 26.5 Å². The first-order valence-corrected chi connectivity index (χ1v) is 12.3. The number of nitrogens with one attached hydrogen (secondary N) is 1. The summed E-state index contributed by atoms with van der Waals surface area (Å²) in [4.78, 5) is 42.6. The Labute approximate surface area is 205 Å². The van der Waals surface area contributed by atoms with Gasteiger partial charge in [-0.2, -0.15) is 0 Å². The normalized spacial score (nSPS) is 45.6. The fourth-order valence-corrected chi connectivity index (χ4v) is 7.76. The first kappa shape index (κ1) is 24.7. The van der Waals surface area contributed by atoms with Crippen LogP contribution in [0.2, 0.25) is 0 Å². The Morgan fingerprint density at radius 3 is 2.23 bits per heavy atom. The van der Waals surface area contributed by atoms with Gasteiger partial charge in [0.25, 0.3) is 0 Å². The maximum absolute atomic E-state index is 13.5. The number of hydrogen-bond acceptors (Lipinski definition) is 10. The second-order valence-corrected chi connectivity index (χ2v) is 11.4. The largest absolute Gasteiger partial charge is 0.394 e. The van der Waals surface area contributed by atoms with Crippen LogP contribution < -0.4 is 5.32 Å². The minimum absolute atomic E-state index is 0.0447. The highest BCUT2D eigenvalue weighted by atomic mass is 32.2. The van der Waals surface area contributed by atoms with Crippen LogP contribution in [0.25, 0.3) is 0 Å². The second kappa shape index (κ2) is 8.30. The summed E-state index contributed by atoms with van der Waals surface area (Å²) in [6.45, 7) is 2.67. The number of ether oxygens (including phenoxy) is 2. The van der Waals surface area contributed by atoms with Crippen LogP contribution in [0.5, 0.6) is 0 Å². The number of aliphatic hydroxyl groups excluding tert-OH is 4. The van der Waals surface area contributed by atoms with Gasteiger partial charge in [-0.25, -0.2) is 9.59 Å². The van der Waals surface area contributed by atoms with Crippen molar-refractivity contribution >= 4 is 29.7 Å². The monoisotopic (exact) mass is 514 g/mol. The number of thioether (sulfide) groups is 1. The van der Waals surface area contributed by atoms with Crippen molar-refractivity contribution in [3.05, 3.63) is 11.8 Å². The van der Waals surface area contributed by atoms with Crippen molar-refractivity contribution in [2.75, 3.05) is 20.3 Å². The van der Waals surface area contributed by atoms with Gasteiger partial charge in [-0.15, -0.1) is 11.8 Å². The molecule has 13 nitrogen and oxygen atoms in total. The lowest BCUT2D eigenvalue weighted by Crippen LogP contribution is -2.86. The number of rotatable bonds is 4. The van der Waals surface area contributed by atoms with E-state index >= 15 is 0 Å². The van der Waals surface area contributed by atoms with Gasteiger partial charge in [0.1, 0.15) is 34.3 Å². The van der Waals surface area contributed by atoms with E-state index in [1.807, 2.05) is 0 Å². The number of likely N-dealkylation sites (N-methyl/N-ethyl adjacent to an activating group) is 1. The third-order valence-corrected chi connectivity index (χ3v) is 9.70. The Morgan fingerprint density at radius 2 is 1.66 bits per heavy atom. The summed E-state index contributed by atoms with van der Waals surface area (Å²) in [5, 5.41) is 41.7. The highest BCUT2D eigenvalue weighted by Gasteiger charge is 2.76. The minimum Gasteiger partial charge on any atom is -0.394 e. The van der Waals surface area contributed by atoms with E-state index in [4.69, 9.17) is 9.47 Å². The number of imide groups is 1. The van der Waals surface area contributed by atoms with Crippen molar-refractivity contribution in [1.29, 1.82) is 0 Å². The minimum atomic E-state index is -1.10. The summed E-state index contributed by atoms with van der Waals surface area (Å²) in [6, 6.07) is -1.97. The SMILES string of the molecule is CC1=CN([C@H]2C[C@H](O)[C@@H](CO)O2)C(=O)N(C)C12S[C@@]1(C)C(=O)NC(=O)N([C@H]3C[C@H](O)[C@@H](CO)O3)[C@@H]21.